The molecule has 0 aromatic rings. The van der Waals surface area contributed by atoms with Crippen LogP contribution in [0.5, 0.6) is 0 Å². The number of thioether (sulfide) groups is 1. The van der Waals surface area contributed by atoms with E-state index in [0.717, 1.165) is 4.90 Å². The second-order valence-electron chi connectivity index (χ2n) is 4.59. The Morgan fingerprint density at radius 1 is 1.29 bits per heavy atom. The van der Waals surface area contributed by atoms with Gasteiger partial charge in [0.1, 0.15) is 6.04 Å². The number of aliphatic carboxylic acids is 1. The van der Waals surface area contributed by atoms with Crippen LogP contribution in [-0.2, 0) is 19.2 Å². The minimum absolute atomic E-state index is 0.146. The fourth-order valence-electron chi connectivity index (χ4n) is 1.49. The van der Waals surface area contributed by atoms with E-state index in [2.05, 4.69) is 0 Å². The molecule has 120 valence electrons. The summed E-state index contributed by atoms with van der Waals surface area (Å²) in [5.41, 5.74) is 0. The van der Waals surface area contributed by atoms with E-state index in [1.165, 1.54) is 37.7 Å². The van der Waals surface area contributed by atoms with Crippen molar-refractivity contribution in [1.29, 1.82) is 0 Å². The summed E-state index contributed by atoms with van der Waals surface area (Å²) in [7, 11) is 2.83. The first kappa shape index (κ1) is 19.4. The van der Waals surface area contributed by atoms with Crippen molar-refractivity contribution < 1.29 is 24.3 Å². The Labute approximate surface area is 128 Å². The number of amides is 3. The predicted molar refractivity (Wildman–Crippen MR) is 79.9 cm³/mol. The molecule has 0 aliphatic carbocycles. The molecule has 0 spiro atoms. The van der Waals surface area contributed by atoms with E-state index >= 15 is 0 Å². The molecular formula is C13H22N2O5S. The summed E-state index contributed by atoms with van der Waals surface area (Å²) < 4.78 is 0. The number of hydrogen-bond acceptors (Lipinski definition) is 5. The lowest BCUT2D eigenvalue weighted by molar-refractivity contribution is -0.148. The molecule has 0 aromatic heterocycles. The molecule has 0 fully saturated rings. The number of carboxylic acids is 1. The summed E-state index contributed by atoms with van der Waals surface area (Å²) in [6.07, 6.45) is 1.16. The number of nitrogens with zero attached hydrogens (tertiary/aromatic N) is 2. The van der Waals surface area contributed by atoms with E-state index in [4.69, 9.17) is 5.11 Å². The van der Waals surface area contributed by atoms with Gasteiger partial charge < -0.3 is 10.0 Å². The summed E-state index contributed by atoms with van der Waals surface area (Å²) in [6, 6.07) is -0.882. The summed E-state index contributed by atoms with van der Waals surface area (Å²) in [5, 5.41) is 8.45. The van der Waals surface area contributed by atoms with E-state index in [-0.39, 0.29) is 23.5 Å². The van der Waals surface area contributed by atoms with Crippen LogP contribution in [0.25, 0.3) is 0 Å². The average Bonchev–Trinajstić information content (AvgIpc) is 2.47. The van der Waals surface area contributed by atoms with Crippen molar-refractivity contribution in [2.45, 2.75) is 38.0 Å². The third-order valence-electron chi connectivity index (χ3n) is 3.12. The largest absolute Gasteiger partial charge is 0.480 e. The number of carboxylic acid groups (broad SMARTS) is 1. The van der Waals surface area contributed by atoms with Crippen LogP contribution in [-0.4, -0.2) is 70.2 Å². The molecular weight excluding hydrogens is 296 g/mol. The van der Waals surface area contributed by atoms with Crippen molar-refractivity contribution in [1.82, 2.24) is 9.80 Å². The standard InChI is InChI=1S/C13H22N2O5S/c1-5-10(12(18)14(3)8-16)21-7-6-11(17)15(4)9(2)13(19)20/h8-10H,5-7H2,1-4H3,(H,19,20). The summed E-state index contributed by atoms with van der Waals surface area (Å²) in [5.74, 6) is -1.25. The van der Waals surface area contributed by atoms with Gasteiger partial charge in [0.2, 0.25) is 18.2 Å². The van der Waals surface area contributed by atoms with Crippen molar-refractivity contribution in [2.24, 2.45) is 0 Å². The first-order valence-electron chi connectivity index (χ1n) is 6.58. The summed E-state index contributed by atoms with van der Waals surface area (Å²) in [6.45, 7) is 3.26. The van der Waals surface area contributed by atoms with E-state index in [0.29, 0.717) is 18.6 Å². The molecule has 1 N–H and O–H groups in total. The lowest BCUT2D eigenvalue weighted by atomic mass is 10.3. The molecule has 21 heavy (non-hydrogen) atoms. The second-order valence-corrected chi connectivity index (χ2v) is 5.90. The maximum Gasteiger partial charge on any atom is 0.326 e. The van der Waals surface area contributed by atoms with Gasteiger partial charge in [0.25, 0.3) is 0 Å². The number of carbonyl (C=O) groups is 4. The van der Waals surface area contributed by atoms with Crippen molar-refractivity contribution in [2.75, 3.05) is 19.8 Å². The van der Waals surface area contributed by atoms with E-state index in [9.17, 15) is 19.2 Å². The number of likely N-dealkylation sites (N-methyl/N-ethyl adjacent to an activating group) is 1. The van der Waals surface area contributed by atoms with Gasteiger partial charge in [-0.3, -0.25) is 19.3 Å². The highest BCUT2D eigenvalue weighted by molar-refractivity contribution is 8.00. The van der Waals surface area contributed by atoms with Crippen LogP contribution in [0.15, 0.2) is 0 Å². The Morgan fingerprint density at radius 2 is 1.86 bits per heavy atom. The number of imide groups is 1. The van der Waals surface area contributed by atoms with Gasteiger partial charge in [0.15, 0.2) is 0 Å². The van der Waals surface area contributed by atoms with Gasteiger partial charge in [-0.1, -0.05) is 6.92 Å². The Kier molecular flexibility index (Phi) is 8.68. The van der Waals surface area contributed by atoms with E-state index < -0.39 is 12.0 Å². The minimum atomic E-state index is -1.06. The van der Waals surface area contributed by atoms with Crippen LogP contribution >= 0.6 is 11.8 Å². The molecule has 8 heteroatoms. The first-order chi connectivity index (χ1) is 9.76. The SMILES string of the molecule is CCC(SCCC(=O)N(C)C(C)C(=O)O)C(=O)N(C)C=O. The normalized spacial score (nSPS) is 13.1. The van der Waals surface area contributed by atoms with Crippen LogP contribution < -0.4 is 0 Å². The van der Waals surface area contributed by atoms with Gasteiger partial charge in [-0.25, -0.2) is 4.79 Å². The molecule has 0 heterocycles. The fraction of sp³-hybridized carbons (Fsp3) is 0.692. The Balaban J connectivity index is 4.34. The third kappa shape index (κ3) is 6.16. The quantitative estimate of drug-likeness (QED) is 0.620. The van der Waals surface area contributed by atoms with Crippen molar-refractivity contribution >= 4 is 36.0 Å². The van der Waals surface area contributed by atoms with Crippen molar-refractivity contribution in [3.63, 3.8) is 0 Å². The smallest absolute Gasteiger partial charge is 0.326 e. The number of hydrogen-bond donors (Lipinski definition) is 1. The molecule has 7 nitrogen and oxygen atoms in total. The van der Waals surface area contributed by atoms with Gasteiger partial charge in [-0.15, -0.1) is 11.8 Å². The van der Waals surface area contributed by atoms with E-state index in [1.54, 1.807) is 0 Å². The fourth-order valence-corrected chi connectivity index (χ4v) is 2.61. The van der Waals surface area contributed by atoms with Crippen LogP contribution in [0.4, 0.5) is 0 Å². The highest BCUT2D eigenvalue weighted by Gasteiger charge is 2.23. The molecule has 0 rings (SSSR count). The lowest BCUT2D eigenvalue weighted by Crippen LogP contribution is -2.40. The maximum atomic E-state index is 11.8. The van der Waals surface area contributed by atoms with Crippen LogP contribution in [0.1, 0.15) is 26.7 Å². The van der Waals surface area contributed by atoms with E-state index in [1.807, 2.05) is 6.92 Å². The number of rotatable bonds is 9. The van der Waals surface area contributed by atoms with Gasteiger partial charge in [0, 0.05) is 26.3 Å². The predicted octanol–water partition coefficient (Wildman–Crippen LogP) is 0.435. The molecule has 0 saturated heterocycles. The molecule has 0 radical (unpaired) electrons. The van der Waals surface area contributed by atoms with Crippen LogP contribution in [0.3, 0.4) is 0 Å². The molecule has 0 aliphatic heterocycles. The average molecular weight is 318 g/mol. The zero-order valence-electron chi connectivity index (χ0n) is 12.7. The Hall–Kier alpha value is -1.57. The van der Waals surface area contributed by atoms with Crippen LogP contribution in [0, 0.1) is 0 Å². The van der Waals surface area contributed by atoms with Gasteiger partial charge in [0.05, 0.1) is 5.25 Å². The Bertz CT molecular complexity index is 402. The van der Waals surface area contributed by atoms with Gasteiger partial charge >= 0.3 is 5.97 Å². The minimum Gasteiger partial charge on any atom is -0.480 e. The van der Waals surface area contributed by atoms with Gasteiger partial charge in [-0.2, -0.15) is 0 Å². The second kappa shape index (κ2) is 9.38. The summed E-state index contributed by atoms with van der Waals surface area (Å²) >= 11 is 1.29. The summed E-state index contributed by atoms with van der Waals surface area (Å²) in [4.78, 5) is 47.1. The highest BCUT2D eigenvalue weighted by Crippen LogP contribution is 2.18. The van der Waals surface area contributed by atoms with Crippen molar-refractivity contribution in [3.05, 3.63) is 0 Å². The molecule has 3 amide bonds. The highest BCUT2D eigenvalue weighted by atomic mass is 32.2. The molecule has 0 aliphatic rings. The molecule has 2 unspecified atom stereocenters. The number of carbonyl (C=O) groups excluding carboxylic acids is 3. The first-order valence-corrected chi connectivity index (χ1v) is 7.63. The maximum absolute atomic E-state index is 11.8. The molecule has 0 aromatic carbocycles. The van der Waals surface area contributed by atoms with Crippen LogP contribution in [0.2, 0.25) is 0 Å². The van der Waals surface area contributed by atoms with Crippen molar-refractivity contribution in [3.8, 4) is 0 Å². The Morgan fingerprint density at radius 3 is 2.29 bits per heavy atom. The molecule has 2 atom stereocenters. The monoisotopic (exact) mass is 318 g/mol. The molecule has 0 bridgehead atoms. The topological polar surface area (TPSA) is 95.0 Å². The third-order valence-corrected chi connectivity index (χ3v) is 4.50. The lowest BCUT2D eigenvalue weighted by Gasteiger charge is -2.22. The zero-order valence-corrected chi connectivity index (χ0v) is 13.6. The zero-order chi connectivity index (χ0) is 16.6. The molecule has 0 saturated carbocycles. The van der Waals surface area contributed by atoms with Gasteiger partial charge in [-0.05, 0) is 13.3 Å².